The lowest BCUT2D eigenvalue weighted by Gasteiger charge is -2.36. The molecule has 0 radical (unpaired) electrons. The van der Waals surface area contributed by atoms with Gasteiger partial charge in [0.15, 0.2) is 5.78 Å². The van der Waals surface area contributed by atoms with E-state index in [4.69, 9.17) is 9.62 Å². The molecule has 0 aromatic heterocycles. The molecule has 0 amide bonds. The lowest BCUT2D eigenvalue weighted by atomic mass is 9.79. The zero-order chi connectivity index (χ0) is 21.8. The maximum absolute atomic E-state index is 13.3. The Morgan fingerprint density at radius 3 is 2.35 bits per heavy atom. The molecule has 0 saturated carbocycles. The molecule has 0 saturated heterocycles. The van der Waals surface area contributed by atoms with Crippen LogP contribution in [0.15, 0.2) is 72.8 Å². The molecule has 1 N–H and O–H groups in total. The largest absolute Gasteiger partial charge is 0.418 e. The maximum Gasteiger partial charge on any atom is 0.341 e. The molecule has 4 rings (SSSR count). The Morgan fingerprint density at radius 1 is 0.903 bits per heavy atom. The highest BCUT2D eigenvalue weighted by Gasteiger charge is 2.49. The Balaban J connectivity index is 1.82. The molecule has 1 aliphatic rings. The molecular weight excluding hydrogens is 392 g/mol. The second-order valence-electron chi connectivity index (χ2n) is 7.68. The van der Waals surface area contributed by atoms with E-state index < -0.39 is 11.8 Å². The van der Waals surface area contributed by atoms with Gasteiger partial charge in [-0.1, -0.05) is 74.4 Å². The van der Waals surface area contributed by atoms with Gasteiger partial charge in [-0.25, -0.2) is 10.1 Å². The van der Waals surface area contributed by atoms with Gasteiger partial charge in [-0.05, 0) is 36.6 Å². The van der Waals surface area contributed by atoms with Crippen molar-refractivity contribution in [1.29, 1.82) is 0 Å². The molecule has 3 aromatic carbocycles. The van der Waals surface area contributed by atoms with Crippen molar-refractivity contribution >= 4 is 11.8 Å². The molecule has 158 valence electrons. The second kappa shape index (κ2) is 8.84. The maximum atomic E-state index is 13.3. The molecule has 5 heteroatoms. The Kier molecular flexibility index (Phi) is 5.98. The molecule has 0 fully saturated rings. The van der Waals surface area contributed by atoms with Gasteiger partial charge in [-0.3, -0.25) is 4.79 Å². The number of esters is 1. The van der Waals surface area contributed by atoms with Gasteiger partial charge in [0.1, 0.15) is 0 Å². The van der Waals surface area contributed by atoms with E-state index >= 15 is 0 Å². The summed E-state index contributed by atoms with van der Waals surface area (Å²) in [5.41, 5.74) is 2.62. The summed E-state index contributed by atoms with van der Waals surface area (Å²) in [5.74, 6) is -2.79. The van der Waals surface area contributed by atoms with Gasteiger partial charge in [0.25, 0.3) is 5.79 Å². The number of fused-ring (bicyclic) bond motifs is 2. The lowest BCUT2D eigenvalue weighted by molar-refractivity contribution is -0.380. The first-order valence-corrected chi connectivity index (χ1v) is 10.5. The van der Waals surface area contributed by atoms with Gasteiger partial charge >= 0.3 is 5.97 Å². The monoisotopic (exact) mass is 416 g/mol. The Morgan fingerprint density at radius 2 is 1.61 bits per heavy atom. The molecule has 0 heterocycles. The van der Waals surface area contributed by atoms with Crippen LogP contribution in [0, 0.1) is 0 Å². The minimum Gasteiger partial charge on any atom is -0.418 e. The normalized spacial score (nSPS) is 17.0. The van der Waals surface area contributed by atoms with E-state index in [1.807, 2.05) is 12.1 Å². The van der Waals surface area contributed by atoms with E-state index in [0.29, 0.717) is 22.3 Å². The third-order valence-electron chi connectivity index (χ3n) is 5.65. The molecule has 0 bridgehead atoms. The minimum atomic E-state index is -1.94. The van der Waals surface area contributed by atoms with Crippen molar-refractivity contribution in [3.63, 3.8) is 0 Å². The summed E-state index contributed by atoms with van der Waals surface area (Å²) in [6.07, 6.45) is 4.07. The first-order chi connectivity index (χ1) is 15.1. The van der Waals surface area contributed by atoms with Gasteiger partial charge in [0.05, 0.1) is 5.56 Å². The van der Waals surface area contributed by atoms with E-state index in [9.17, 15) is 14.8 Å². The summed E-state index contributed by atoms with van der Waals surface area (Å²) < 4.78 is 5.79. The zero-order valence-corrected chi connectivity index (χ0v) is 17.3. The highest BCUT2D eigenvalue weighted by atomic mass is 17.1. The molecule has 1 unspecified atom stereocenters. The molecule has 3 aromatic rings. The topological polar surface area (TPSA) is 72.8 Å². The summed E-state index contributed by atoms with van der Waals surface area (Å²) >= 11 is 0. The van der Waals surface area contributed by atoms with Crippen LogP contribution in [0.5, 0.6) is 0 Å². The lowest BCUT2D eigenvalue weighted by Crippen LogP contribution is -2.41. The van der Waals surface area contributed by atoms with Crippen molar-refractivity contribution < 1.29 is 24.5 Å². The molecular formula is C26H24O5. The van der Waals surface area contributed by atoms with Crippen molar-refractivity contribution in [2.24, 2.45) is 0 Å². The number of hydrogen-bond acceptors (Lipinski definition) is 5. The fraction of sp³-hybridized carbons (Fsp3) is 0.231. The van der Waals surface area contributed by atoms with Crippen LogP contribution in [0.2, 0.25) is 0 Å². The van der Waals surface area contributed by atoms with Crippen molar-refractivity contribution in [1.82, 2.24) is 0 Å². The highest BCUT2D eigenvalue weighted by molar-refractivity contribution is 6.13. The number of aryl methyl sites for hydroxylation is 1. The van der Waals surface area contributed by atoms with Crippen LogP contribution >= 0.6 is 0 Å². The van der Waals surface area contributed by atoms with E-state index in [2.05, 4.69) is 6.92 Å². The Hall–Kier alpha value is -3.28. The molecule has 31 heavy (non-hydrogen) atoms. The SMILES string of the molecule is CCCCCc1ccc2c(c1)C(=O)c1ccccc1C2(OO)OC(=O)c1ccccc1. The second-order valence-corrected chi connectivity index (χ2v) is 7.68. The fourth-order valence-corrected chi connectivity index (χ4v) is 4.05. The number of hydrogen-bond donors (Lipinski definition) is 1. The number of carbonyl (C=O) groups is 2. The molecule has 0 aliphatic heterocycles. The van der Waals surface area contributed by atoms with Crippen molar-refractivity contribution in [2.75, 3.05) is 0 Å². The Labute approximate surface area is 181 Å². The summed E-state index contributed by atoms with van der Waals surface area (Å²) in [4.78, 5) is 31.1. The number of ether oxygens (including phenoxy) is 1. The van der Waals surface area contributed by atoms with Crippen molar-refractivity contribution in [3.05, 3.63) is 106 Å². The molecule has 0 spiro atoms. The quantitative estimate of drug-likeness (QED) is 0.181. The van der Waals surface area contributed by atoms with Gasteiger partial charge in [-0.15, -0.1) is 0 Å². The van der Waals surface area contributed by atoms with Crippen LogP contribution in [-0.2, 0) is 21.8 Å². The number of rotatable bonds is 7. The van der Waals surface area contributed by atoms with Crippen LogP contribution in [0.3, 0.4) is 0 Å². The zero-order valence-electron chi connectivity index (χ0n) is 17.3. The van der Waals surface area contributed by atoms with Crippen LogP contribution in [0.1, 0.15) is 69.2 Å². The Bertz CT molecular complexity index is 1110. The summed E-state index contributed by atoms with van der Waals surface area (Å²) in [7, 11) is 0. The first kappa shape index (κ1) is 21.0. The predicted molar refractivity (Wildman–Crippen MR) is 116 cm³/mol. The number of benzene rings is 3. The first-order valence-electron chi connectivity index (χ1n) is 10.5. The average Bonchev–Trinajstić information content (AvgIpc) is 2.82. The van der Waals surface area contributed by atoms with Crippen LogP contribution in [0.4, 0.5) is 0 Å². The molecule has 1 atom stereocenters. The molecule has 1 aliphatic carbocycles. The summed E-state index contributed by atoms with van der Waals surface area (Å²) in [6, 6.07) is 20.6. The number of ketones is 1. The molecule has 5 nitrogen and oxygen atoms in total. The van der Waals surface area contributed by atoms with E-state index in [1.54, 1.807) is 60.7 Å². The fourth-order valence-electron chi connectivity index (χ4n) is 4.05. The van der Waals surface area contributed by atoms with Crippen molar-refractivity contribution in [3.8, 4) is 0 Å². The van der Waals surface area contributed by atoms with Gasteiger partial charge < -0.3 is 4.74 Å². The van der Waals surface area contributed by atoms with Gasteiger partial charge in [0, 0.05) is 22.3 Å². The van der Waals surface area contributed by atoms with Crippen LogP contribution in [0.25, 0.3) is 0 Å². The highest BCUT2D eigenvalue weighted by Crippen LogP contribution is 2.44. The third kappa shape index (κ3) is 3.78. The van der Waals surface area contributed by atoms with Gasteiger partial charge in [-0.2, -0.15) is 4.89 Å². The average molecular weight is 416 g/mol. The van der Waals surface area contributed by atoms with Crippen LogP contribution < -0.4 is 0 Å². The van der Waals surface area contributed by atoms with E-state index in [0.717, 1.165) is 31.2 Å². The van der Waals surface area contributed by atoms with Gasteiger partial charge in [0.2, 0.25) is 0 Å². The standard InChI is InChI=1S/C26H24O5/c1-2-3-5-10-18-15-16-23-21(17-18)24(27)20-13-8-9-14-22(20)26(23,31-29)30-25(28)19-11-6-4-7-12-19/h4,6-9,11-17,29H,2-3,5,10H2,1H3. The third-order valence-corrected chi connectivity index (χ3v) is 5.65. The van der Waals surface area contributed by atoms with E-state index in [1.165, 1.54) is 0 Å². The minimum absolute atomic E-state index is 0.189. The smallest absolute Gasteiger partial charge is 0.341 e. The summed E-state index contributed by atoms with van der Waals surface area (Å²) in [5, 5.41) is 10.1. The van der Waals surface area contributed by atoms with Crippen LogP contribution in [-0.4, -0.2) is 17.0 Å². The van der Waals surface area contributed by atoms with Crippen molar-refractivity contribution in [2.45, 2.75) is 38.4 Å². The number of carbonyl (C=O) groups excluding carboxylic acids is 2. The summed E-state index contributed by atoms with van der Waals surface area (Å²) in [6.45, 7) is 2.14. The number of unbranched alkanes of at least 4 members (excludes halogenated alkanes) is 2. The predicted octanol–water partition coefficient (Wildman–Crippen LogP) is 5.51. The van der Waals surface area contributed by atoms with E-state index in [-0.39, 0.29) is 11.3 Å².